The van der Waals surface area contributed by atoms with Gasteiger partial charge in [-0.2, -0.15) is 0 Å². The molecule has 35 heavy (non-hydrogen) atoms. The number of carbonyl (C=O) groups excluding carboxylic acids is 1. The molecular formula is C27H27NO7. The van der Waals surface area contributed by atoms with E-state index in [1.807, 2.05) is 48.5 Å². The van der Waals surface area contributed by atoms with Gasteiger partial charge in [0.05, 0.1) is 21.3 Å². The van der Waals surface area contributed by atoms with Crippen LogP contribution < -0.4 is 19.5 Å². The Kier molecular flexibility index (Phi) is 7.10. The molecule has 0 heterocycles. The highest BCUT2D eigenvalue weighted by atomic mass is 16.5. The predicted octanol–water partition coefficient (Wildman–Crippen LogP) is 4.25. The molecule has 0 radical (unpaired) electrons. The fourth-order valence-electron chi connectivity index (χ4n) is 4.45. The molecule has 0 unspecified atom stereocenters. The van der Waals surface area contributed by atoms with Crippen LogP contribution in [-0.2, 0) is 16.0 Å². The summed E-state index contributed by atoms with van der Waals surface area (Å²) in [5.74, 6) is -0.0287. The molecule has 4 rings (SSSR count). The Morgan fingerprint density at radius 1 is 0.857 bits per heavy atom. The number of carboxylic acids is 1. The number of carboxylic acid groups (broad SMARTS) is 1. The van der Waals surface area contributed by atoms with E-state index in [1.165, 1.54) is 21.3 Å². The van der Waals surface area contributed by atoms with Crippen molar-refractivity contribution in [2.45, 2.75) is 18.4 Å². The fourth-order valence-corrected chi connectivity index (χ4v) is 4.45. The van der Waals surface area contributed by atoms with Crippen molar-refractivity contribution in [1.82, 2.24) is 5.32 Å². The summed E-state index contributed by atoms with van der Waals surface area (Å²) in [5, 5.41) is 12.2. The van der Waals surface area contributed by atoms with Crippen LogP contribution in [0, 0.1) is 0 Å². The van der Waals surface area contributed by atoms with Gasteiger partial charge in [-0.1, -0.05) is 48.5 Å². The van der Waals surface area contributed by atoms with E-state index in [4.69, 9.17) is 18.9 Å². The first-order valence-corrected chi connectivity index (χ1v) is 11.1. The molecule has 0 spiro atoms. The number of alkyl carbamates (subject to hydrolysis) is 1. The number of carbonyl (C=O) groups is 2. The monoisotopic (exact) mass is 477 g/mol. The summed E-state index contributed by atoms with van der Waals surface area (Å²) in [4.78, 5) is 24.6. The van der Waals surface area contributed by atoms with Gasteiger partial charge >= 0.3 is 12.1 Å². The summed E-state index contributed by atoms with van der Waals surface area (Å²) in [5.41, 5.74) is 4.91. The number of hydrogen-bond donors (Lipinski definition) is 2. The molecule has 8 nitrogen and oxygen atoms in total. The van der Waals surface area contributed by atoms with E-state index in [1.54, 1.807) is 12.1 Å². The van der Waals surface area contributed by atoms with Crippen molar-refractivity contribution in [2.75, 3.05) is 27.9 Å². The summed E-state index contributed by atoms with van der Waals surface area (Å²) in [6, 6.07) is 18.0. The number of methoxy groups -OCH3 is 3. The van der Waals surface area contributed by atoms with Gasteiger partial charge in [0.1, 0.15) is 18.4 Å². The van der Waals surface area contributed by atoms with Gasteiger partial charge in [-0.15, -0.1) is 0 Å². The number of hydrogen-bond acceptors (Lipinski definition) is 6. The van der Waals surface area contributed by atoms with Gasteiger partial charge in [-0.05, 0) is 28.3 Å². The van der Waals surface area contributed by atoms with Gasteiger partial charge in [-0.25, -0.2) is 9.59 Å². The predicted molar refractivity (Wildman–Crippen MR) is 129 cm³/mol. The van der Waals surface area contributed by atoms with Crippen molar-refractivity contribution < 1.29 is 33.6 Å². The average molecular weight is 478 g/mol. The van der Waals surface area contributed by atoms with Gasteiger partial charge in [0.15, 0.2) is 11.5 Å². The quantitative estimate of drug-likeness (QED) is 0.475. The van der Waals surface area contributed by atoms with Crippen LogP contribution in [0.2, 0.25) is 0 Å². The van der Waals surface area contributed by atoms with Gasteiger partial charge in [-0.3, -0.25) is 0 Å². The number of rotatable bonds is 9. The van der Waals surface area contributed by atoms with Crippen molar-refractivity contribution in [3.63, 3.8) is 0 Å². The summed E-state index contributed by atoms with van der Waals surface area (Å²) >= 11 is 0. The number of fused-ring (bicyclic) bond motifs is 3. The lowest BCUT2D eigenvalue weighted by Gasteiger charge is -2.19. The molecule has 2 N–H and O–H groups in total. The Bertz CT molecular complexity index is 1190. The van der Waals surface area contributed by atoms with Crippen LogP contribution in [0.3, 0.4) is 0 Å². The SMILES string of the molecule is COc1cc(OC)c(OC)cc1C[C@H](NC(=O)OCC1c2ccccc2-c2ccccc21)C(=O)O. The molecule has 3 aromatic rings. The summed E-state index contributed by atoms with van der Waals surface area (Å²) < 4.78 is 21.5. The third-order valence-corrected chi connectivity index (χ3v) is 6.14. The first-order chi connectivity index (χ1) is 17.0. The molecule has 3 aromatic carbocycles. The summed E-state index contributed by atoms with van der Waals surface area (Å²) in [7, 11) is 4.45. The van der Waals surface area contributed by atoms with Gasteiger partial charge in [0.25, 0.3) is 0 Å². The number of amides is 1. The molecule has 182 valence electrons. The van der Waals surface area contributed by atoms with E-state index < -0.39 is 18.1 Å². The summed E-state index contributed by atoms with van der Waals surface area (Å²) in [6.45, 7) is 0.0892. The number of nitrogens with one attached hydrogen (secondary N) is 1. The maximum absolute atomic E-state index is 12.6. The average Bonchev–Trinajstić information content (AvgIpc) is 3.20. The smallest absolute Gasteiger partial charge is 0.407 e. The number of ether oxygens (including phenoxy) is 4. The van der Waals surface area contributed by atoms with Crippen LogP contribution in [0.15, 0.2) is 60.7 Å². The molecule has 0 aliphatic heterocycles. The lowest BCUT2D eigenvalue weighted by Crippen LogP contribution is -2.43. The van der Waals surface area contributed by atoms with Gasteiger partial charge < -0.3 is 29.4 Å². The zero-order valence-corrected chi connectivity index (χ0v) is 19.7. The van der Waals surface area contributed by atoms with E-state index in [0.29, 0.717) is 22.8 Å². The molecule has 1 aliphatic rings. The van der Waals surface area contributed by atoms with Crippen molar-refractivity contribution in [3.05, 3.63) is 77.4 Å². The van der Waals surface area contributed by atoms with Crippen molar-refractivity contribution in [2.24, 2.45) is 0 Å². The molecule has 8 heteroatoms. The maximum atomic E-state index is 12.6. The minimum absolute atomic E-state index is 0.0386. The zero-order chi connectivity index (χ0) is 24.9. The number of aliphatic carboxylic acids is 1. The van der Waals surface area contributed by atoms with Crippen LogP contribution in [0.25, 0.3) is 11.1 Å². The molecule has 0 aromatic heterocycles. The third-order valence-electron chi connectivity index (χ3n) is 6.14. The topological polar surface area (TPSA) is 103 Å². The highest BCUT2D eigenvalue weighted by molar-refractivity contribution is 5.81. The van der Waals surface area contributed by atoms with Crippen LogP contribution in [0.4, 0.5) is 4.79 Å². The Morgan fingerprint density at radius 3 is 1.94 bits per heavy atom. The minimum atomic E-state index is -1.24. The van der Waals surface area contributed by atoms with Crippen LogP contribution in [-0.4, -0.2) is 51.1 Å². The highest BCUT2D eigenvalue weighted by Crippen LogP contribution is 2.44. The molecule has 1 atom stereocenters. The first kappa shape index (κ1) is 23.9. The Balaban J connectivity index is 1.47. The molecule has 1 aliphatic carbocycles. The van der Waals surface area contributed by atoms with Crippen molar-refractivity contribution >= 4 is 12.1 Å². The minimum Gasteiger partial charge on any atom is -0.496 e. The van der Waals surface area contributed by atoms with Gasteiger partial charge in [0.2, 0.25) is 0 Å². The second-order valence-electron chi connectivity index (χ2n) is 8.08. The van der Waals surface area contributed by atoms with E-state index in [0.717, 1.165) is 22.3 Å². The molecule has 0 bridgehead atoms. The normalized spacial score (nSPS) is 12.8. The largest absolute Gasteiger partial charge is 0.496 e. The lowest BCUT2D eigenvalue weighted by molar-refractivity contribution is -0.139. The van der Waals surface area contributed by atoms with Crippen molar-refractivity contribution in [3.8, 4) is 28.4 Å². The van der Waals surface area contributed by atoms with Crippen LogP contribution in [0.5, 0.6) is 17.2 Å². The summed E-state index contributed by atoms with van der Waals surface area (Å²) in [6.07, 6.45) is -0.845. The Labute approximate surface area is 203 Å². The molecular weight excluding hydrogens is 450 g/mol. The molecule has 0 saturated carbocycles. The second kappa shape index (κ2) is 10.4. The molecule has 0 fully saturated rings. The standard InChI is InChI=1S/C27H27NO7/c1-32-23-14-25(34-3)24(33-2)13-16(23)12-22(26(29)30)28-27(31)35-15-21-19-10-6-4-8-17(19)18-9-5-7-11-20(18)21/h4-11,13-14,21-22H,12,15H2,1-3H3,(H,28,31)(H,29,30)/t22-/m0/s1. The highest BCUT2D eigenvalue weighted by Gasteiger charge is 2.30. The Morgan fingerprint density at radius 2 is 1.40 bits per heavy atom. The molecule has 0 saturated heterocycles. The van der Waals surface area contributed by atoms with E-state index >= 15 is 0 Å². The first-order valence-electron chi connectivity index (χ1n) is 11.1. The van der Waals surface area contributed by atoms with Crippen LogP contribution >= 0.6 is 0 Å². The maximum Gasteiger partial charge on any atom is 0.407 e. The van der Waals surface area contributed by atoms with E-state index in [-0.39, 0.29) is 18.9 Å². The van der Waals surface area contributed by atoms with Crippen molar-refractivity contribution in [1.29, 1.82) is 0 Å². The third kappa shape index (κ3) is 4.87. The van der Waals surface area contributed by atoms with Crippen LogP contribution in [0.1, 0.15) is 22.6 Å². The second-order valence-corrected chi connectivity index (χ2v) is 8.08. The van der Waals surface area contributed by atoms with E-state index in [9.17, 15) is 14.7 Å². The van der Waals surface area contributed by atoms with Gasteiger partial charge in [0, 0.05) is 24.0 Å². The fraction of sp³-hybridized carbons (Fsp3) is 0.259. The molecule has 1 amide bonds. The van der Waals surface area contributed by atoms with E-state index in [2.05, 4.69) is 5.32 Å². The zero-order valence-electron chi connectivity index (χ0n) is 19.7. The lowest BCUT2D eigenvalue weighted by atomic mass is 9.98. The Hall–Kier alpha value is -4.20. The number of benzene rings is 3.